The van der Waals surface area contributed by atoms with Crippen molar-refractivity contribution in [2.24, 2.45) is 0 Å². The minimum atomic E-state index is -0.412. The van der Waals surface area contributed by atoms with Gasteiger partial charge in [0.2, 0.25) is 0 Å². The predicted molar refractivity (Wildman–Crippen MR) is 97.0 cm³/mol. The van der Waals surface area contributed by atoms with Crippen LogP contribution in [0.3, 0.4) is 0 Å². The van der Waals surface area contributed by atoms with Crippen molar-refractivity contribution in [3.63, 3.8) is 0 Å². The molecule has 25 heavy (non-hydrogen) atoms. The highest BCUT2D eigenvalue weighted by molar-refractivity contribution is 5.81. The van der Waals surface area contributed by atoms with Crippen LogP contribution in [0.2, 0.25) is 0 Å². The van der Waals surface area contributed by atoms with Gasteiger partial charge in [0.05, 0.1) is 26.1 Å². The number of benzene rings is 1. The molecule has 0 saturated carbocycles. The first-order chi connectivity index (χ1) is 12.2. The van der Waals surface area contributed by atoms with Crippen LogP contribution in [0.4, 0.5) is 0 Å². The highest BCUT2D eigenvalue weighted by atomic mass is 16.5. The molecule has 0 aromatic heterocycles. The normalized spacial score (nSPS) is 12.8. The smallest absolute Gasteiger partial charge is 0.330 e. The zero-order chi connectivity index (χ0) is 17.9. The lowest BCUT2D eigenvalue weighted by atomic mass is 10.0. The summed E-state index contributed by atoms with van der Waals surface area (Å²) >= 11 is 0. The van der Waals surface area contributed by atoms with E-state index >= 15 is 0 Å². The van der Waals surface area contributed by atoms with Crippen LogP contribution in [-0.2, 0) is 14.3 Å². The number of rotatable bonds is 7. The summed E-state index contributed by atoms with van der Waals surface area (Å²) in [6.45, 7) is 4.14. The Balaban J connectivity index is 1.78. The van der Waals surface area contributed by atoms with Gasteiger partial charge in [-0.15, -0.1) is 0 Å². The Hall–Kier alpha value is -2.93. The number of carbonyl (C=O) groups excluding carboxylic acids is 1. The fourth-order valence-electron chi connectivity index (χ4n) is 2.16. The largest absolute Gasteiger partial charge is 0.501 e. The summed E-state index contributed by atoms with van der Waals surface area (Å²) in [6, 6.07) is 7.63. The molecule has 0 bridgehead atoms. The van der Waals surface area contributed by atoms with Gasteiger partial charge in [-0.25, -0.2) is 4.79 Å². The van der Waals surface area contributed by atoms with E-state index in [-0.39, 0.29) is 0 Å². The van der Waals surface area contributed by atoms with Gasteiger partial charge in [-0.05, 0) is 42.8 Å². The number of methoxy groups -OCH3 is 1. The second kappa shape index (κ2) is 10.0. The van der Waals surface area contributed by atoms with Gasteiger partial charge in [0.1, 0.15) is 5.75 Å². The second-order valence-corrected chi connectivity index (χ2v) is 5.38. The zero-order valence-electron chi connectivity index (χ0n) is 14.4. The van der Waals surface area contributed by atoms with E-state index in [9.17, 15) is 4.79 Å². The van der Waals surface area contributed by atoms with Crippen molar-refractivity contribution in [1.82, 2.24) is 0 Å². The molecule has 4 heteroatoms. The summed E-state index contributed by atoms with van der Waals surface area (Å²) in [5, 5.41) is 0. The van der Waals surface area contributed by atoms with Gasteiger partial charge in [0.15, 0.2) is 0 Å². The maximum Gasteiger partial charge on any atom is 0.330 e. The fraction of sp³-hybridized carbons (Fsp3) is 0.286. The molecular weight excluding hydrogens is 316 g/mol. The van der Waals surface area contributed by atoms with E-state index in [2.05, 4.69) is 18.4 Å². The molecule has 4 nitrogen and oxygen atoms in total. The first-order valence-electron chi connectivity index (χ1n) is 8.19. The van der Waals surface area contributed by atoms with Gasteiger partial charge in [-0.2, -0.15) is 0 Å². The van der Waals surface area contributed by atoms with Gasteiger partial charge in [-0.1, -0.05) is 18.4 Å². The average molecular weight is 338 g/mol. The highest BCUT2D eigenvalue weighted by Gasteiger charge is 2.03. The summed E-state index contributed by atoms with van der Waals surface area (Å²) in [5.41, 5.74) is 2.05. The summed E-state index contributed by atoms with van der Waals surface area (Å²) in [7, 11) is 1.69. The molecule has 0 spiro atoms. The summed E-state index contributed by atoms with van der Waals surface area (Å²) in [6.07, 6.45) is 7.56. The number of carbonyl (C=O) groups is 1. The minimum absolute atomic E-state index is 0.322. The van der Waals surface area contributed by atoms with E-state index in [0.717, 1.165) is 41.6 Å². The lowest BCUT2D eigenvalue weighted by Crippen LogP contribution is -2.06. The third-order valence-electron chi connectivity index (χ3n) is 3.56. The Morgan fingerprint density at radius 1 is 1.16 bits per heavy atom. The molecule has 1 aliphatic carbocycles. The Kier molecular flexibility index (Phi) is 7.40. The quantitative estimate of drug-likeness (QED) is 0.328. The Bertz CT molecular complexity index is 715. The van der Waals surface area contributed by atoms with Crippen LogP contribution in [-0.4, -0.2) is 26.3 Å². The van der Waals surface area contributed by atoms with Gasteiger partial charge < -0.3 is 14.2 Å². The molecule has 0 radical (unpaired) electrons. The molecule has 0 fully saturated rings. The number of esters is 1. The maximum absolute atomic E-state index is 10.9. The summed E-state index contributed by atoms with van der Waals surface area (Å²) in [4.78, 5) is 10.9. The van der Waals surface area contributed by atoms with E-state index < -0.39 is 5.97 Å². The van der Waals surface area contributed by atoms with Gasteiger partial charge in [0.25, 0.3) is 0 Å². The standard InChI is InChI=1S/C21H22O4/c1-3-21(22)25-16-4-15-24-20-13-9-18(10-14-20)6-5-17-7-11-19(23-2)12-8-17/h3,7,9-11,13-14H,1,4,8,12,15-16H2,2H3. The molecule has 0 amide bonds. The Morgan fingerprint density at radius 2 is 1.96 bits per heavy atom. The molecular formula is C21H22O4. The van der Waals surface area contributed by atoms with Crippen LogP contribution in [0.25, 0.3) is 0 Å². The molecule has 0 saturated heterocycles. The first kappa shape index (κ1) is 18.4. The Morgan fingerprint density at radius 3 is 2.60 bits per heavy atom. The van der Waals surface area contributed by atoms with Crippen LogP contribution in [0.5, 0.6) is 5.75 Å². The lowest BCUT2D eigenvalue weighted by Gasteiger charge is -2.09. The number of allylic oxidation sites excluding steroid dienone is 4. The summed E-state index contributed by atoms with van der Waals surface area (Å²) in [5.74, 6) is 7.70. The van der Waals surface area contributed by atoms with Crippen LogP contribution < -0.4 is 4.74 Å². The van der Waals surface area contributed by atoms with E-state index in [4.69, 9.17) is 14.2 Å². The van der Waals surface area contributed by atoms with Crippen LogP contribution >= 0.6 is 0 Å². The number of hydrogen-bond donors (Lipinski definition) is 0. The van der Waals surface area contributed by atoms with Crippen LogP contribution in [0.1, 0.15) is 24.8 Å². The van der Waals surface area contributed by atoms with Crippen molar-refractivity contribution in [2.75, 3.05) is 20.3 Å². The van der Waals surface area contributed by atoms with Crippen molar-refractivity contribution < 1.29 is 19.0 Å². The van der Waals surface area contributed by atoms with Crippen molar-refractivity contribution in [2.45, 2.75) is 19.3 Å². The predicted octanol–water partition coefficient (Wildman–Crippen LogP) is 3.79. The third kappa shape index (κ3) is 6.60. The first-order valence-corrected chi connectivity index (χ1v) is 8.19. The number of ether oxygens (including phenoxy) is 3. The molecule has 0 N–H and O–H groups in total. The minimum Gasteiger partial charge on any atom is -0.501 e. The van der Waals surface area contributed by atoms with E-state index in [1.165, 1.54) is 0 Å². The molecule has 1 aliphatic rings. The maximum atomic E-state index is 10.9. The van der Waals surface area contributed by atoms with Crippen molar-refractivity contribution >= 4 is 5.97 Å². The van der Waals surface area contributed by atoms with Crippen molar-refractivity contribution in [3.05, 3.63) is 66.0 Å². The topological polar surface area (TPSA) is 44.8 Å². The molecule has 2 rings (SSSR count). The van der Waals surface area contributed by atoms with E-state index in [0.29, 0.717) is 19.6 Å². The molecule has 1 aromatic rings. The van der Waals surface area contributed by atoms with E-state index in [1.807, 2.05) is 36.4 Å². The van der Waals surface area contributed by atoms with Crippen LogP contribution in [0.15, 0.2) is 60.4 Å². The zero-order valence-corrected chi connectivity index (χ0v) is 14.4. The fourth-order valence-corrected chi connectivity index (χ4v) is 2.16. The molecule has 0 heterocycles. The van der Waals surface area contributed by atoms with Gasteiger partial charge >= 0.3 is 5.97 Å². The molecule has 0 atom stereocenters. The lowest BCUT2D eigenvalue weighted by molar-refractivity contribution is -0.137. The molecule has 130 valence electrons. The third-order valence-corrected chi connectivity index (χ3v) is 3.56. The highest BCUT2D eigenvalue weighted by Crippen LogP contribution is 2.18. The SMILES string of the molecule is C=CC(=O)OCCCOc1ccc(C#CC2=CC=C(OC)CC2)cc1. The Labute approximate surface area is 148 Å². The van der Waals surface area contributed by atoms with Crippen molar-refractivity contribution in [1.29, 1.82) is 0 Å². The van der Waals surface area contributed by atoms with Crippen molar-refractivity contribution in [3.8, 4) is 17.6 Å². The molecule has 1 aromatic carbocycles. The molecule has 0 unspecified atom stereocenters. The van der Waals surface area contributed by atoms with Crippen LogP contribution in [0, 0.1) is 11.8 Å². The molecule has 0 aliphatic heterocycles. The van der Waals surface area contributed by atoms with Gasteiger partial charge in [-0.3, -0.25) is 0 Å². The van der Waals surface area contributed by atoms with E-state index in [1.54, 1.807) is 7.11 Å². The number of hydrogen-bond acceptors (Lipinski definition) is 4. The summed E-state index contributed by atoms with van der Waals surface area (Å²) < 4.78 is 15.7. The second-order valence-electron chi connectivity index (χ2n) is 5.38. The van der Waals surface area contributed by atoms with Gasteiger partial charge in [0, 0.05) is 30.1 Å². The average Bonchev–Trinajstić information content (AvgIpc) is 2.67. The monoisotopic (exact) mass is 338 g/mol.